The van der Waals surface area contributed by atoms with E-state index in [1.807, 2.05) is 30.3 Å². The quantitative estimate of drug-likeness (QED) is 0.782. The smallest absolute Gasteiger partial charge is 0.128 e. The largest absolute Gasteiger partial charge is 0.457 e. The Kier molecular flexibility index (Phi) is 4.74. The van der Waals surface area contributed by atoms with Crippen LogP contribution in [0.4, 0.5) is 0 Å². The average molecular weight is 349 g/mol. The van der Waals surface area contributed by atoms with E-state index < -0.39 is 6.10 Å². The molecule has 0 spiro atoms. The summed E-state index contributed by atoms with van der Waals surface area (Å²) in [6.07, 6.45) is -0.500. The van der Waals surface area contributed by atoms with Crippen molar-refractivity contribution in [3.05, 3.63) is 58.1 Å². The van der Waals surface area contributed by atoms with Gasteiger partial charge in [-0.3, -0.25) is 0 Å². The third-order valence-corrected chi connectivity index (χ3v) is 4.06. The summed E-state index contributed by atoms with van der Waals surface area (Å²) >= 11 is 3.46. The van der Waals surface area contributed by atoms with Crippen LogP contribution in [0.15, 0.2) is 46.9 Å². The lowest BCUT2D eigenvalue weighted by Gasteiger charge is -2.19. The van der Waals surface area contributed by atoms with Crippen molar-refractivity contribution < 1.29 is 9.84 Å². The highest BCUT2D eigenvalue weighted by Crippen LogP contribution is 2.31. The van der Waals surface area contributed by atoms with Crippen LogP contribution in [0.2, 0.25) is 0 Å². The number of rotatable bonds is 3. The fourth-order valence-electron chi connectivity index (χ4n) is 2.07. The third kappa shape index (κ3) is 4.08. The number of hydrogen-bond donors (Lipinski definition) is 1. The number of halogens is 1. The van der Waals surface area contributed by atoms with E-state index in [1.54, 1.807) is 6.92 Å². The molecule has 2 nitrogen and oxygen atoms in total. The molecule has 3 heteroatoms. The minimum Gasteiger partial charge on any atom is -0.457 e. The van der Waals surface area contributed by atoms with Gasteiger partial charge in [0.15, 0.2) is 0 Å². The molecular weight excluding hydrogens is 328 g/mol. The molecule has 2 aromatic rings. The number of ether oxygens (including phenoxy) is 1. The van der Waals surface area contributed by atoms with Crippen molar-refractivity contribution in [2.45, 2.75) is 39.2 Å². The molecule has 0 saturated heterocycles. The summed E-state index contributed by atoms with van der Waals surface area (Å²) in [5, 5.41) is 9.62. The first-order chi connectivity index (χ1) is 9.77. The monoisotopic (exact) mass is 348 g/mol. The highest BCUT2D eigenvalue weighted by Gasteiger charge is 2.13. The van der Waals surface area contributed by atoms with Gasteiger partial charge in [0.2, 0.25) is 0 Å². The molecule has 0 saturated carbocycles. The van der Waals surface area contributed by atoms with Crippen LogP contribution in [0.5, 0.6) is 11.5 Å². The Bertz CT molecular complexity index is 610. The van der Waals surface area contributed by atoms with Crippen molar-refractivity contribution >= 4 is 15.9 Å². The average Bonchev–Trinajstić information content (AvgIpc) is 2.38. The molecule has 2 aromatic carbocycles. The molecular formula is C18H21BrO2. The zero-order chi connectivity index (χ0) is 15.6. The van der Waals surface area contributed by atoms with Gasteiger partial charge in [-0.15, -0.1) is 0 Å². The maximum absolute atomic E-state index is 9.62. The summed E-state index contributed by atoms with van der Waals surface area (Å²) in [5.74, 6) is 1.55. The molecule has 0 aliphatic rings. The Morgan fingerprint density at radius 2 is 1.57 bits per heavy atom. The van der Waals surface area contributed by atoms with Gasteiger partial charge in [0.05, 0.1) is 6.10 Å². The summed E-state index contributed by atoms with van der Waals surface area (Å²) in [6, 6.07) is 13.8. The Morgan fingerprint density at radius 3 is 2.05 bits per heavy atom. The first kappa shape index (κ1) is 16.1. The Hall–Kier alpha value is -1.32. The summed E-state index contributed by atoms with van der Waals surface area (Å²) in [7, 11) is 0. The van der Waals surface area contributed by atoms with Gasteiger partial charge in [0.25, 0.3) is 0 Å². The van der Waals surface area contributed by atoms with E-state index in [-0.39, 0.29) is 5.41 Å². The first-order valence-corrected chi connectivity index (χ1v) is 7.82. The van der Waals surface area contributed by atoms with E-state index >= 15 is 0 Å². The minimum atomic E-state index is -0.500. The summed E-state index contributed by atoms with van der Waals surface area (Å²) in [4.78, 5) is 0. The van der Waals surface area contributed by atoms with Crippen LogP contribution in [-0.2, 0) is 5.41 Å². The molecule has 112 valence electrons. The van der Waals surface area contributed by atoms with E-state index in [9.17, 15) is 5.11 Å². The second-order valence-corrected chi connectivity index (χ2v) is 7.09. The summed E-state index contributed by atoms with van der Waals surface area (Å²) in [6.45, 7) is 8.31. The lowest BCUT2D eigenvalue weighted by molar-refractivity contribution is 0.198. The zero-order valence-corrected chi connectivity index (χ0v) is 14.4. The van der Waals surface area contributed by atoms with Crippen molar-refractivity contribution in [2.75, 3.05) is 0 Å². The van der Waals surface area contributed by atoms with Gasteiger partial charge in [-0.25, -0.2) is 0 Å². The van der Waals surface area contributed by atoms with E-state index in [4.69, 9.17) is 4.74 Å². The molecule has 0 aliphatic heterocycles. The standard InChI is InChI=1S/C18H21BrO2/c1-12(20)16-10-9-15(11-17(16)19)21-14-7-5-13(6-8-14)18(2,3)4/h5-12,20H,1-4H3/t12-/m0/s1. The molecule has 2 rings (SSSR count). The fourth-order valence-corrected chi connectivity index (χ4v) is 2.76. The summed E-state index contributed by atoms with van der Waals surface area (Å²) in [5.41, 5.74) is 2.27. The van der Waals surface area contributed by atoms with E-state index in [0.29, 0.717) is 0 Å². The molecule has 0 aliphatic carbocycles. The maximum atomic E-state index is 9.62. The van der Waals surface area contributed by atoms with Gasteiger partial charge in [0.1, 0.15) is 11.5 Å². The number of hydrogen-bond acceptors (Lipinski definition) is 2. The van der Waals surface area contributed by atoms with Gasteiger partial charge in [0, 0.05) is 4.47 Å². The van der Waals surface area contributed by atoms with Gasteiger partial charge < -0.3 is 9.84 Å². The minimum absolute atomic E-state index is 0.139. The van der Waals surface area contributed by atoms with Crippen molar-refractivity contribution in [1.29, 1.82) is 0 Å². The lowest BCUT2D eigenvalue weighted by atomic mass is 9.87. The predicted octanol–water partition coefficient (Wildman–Crippen LogP) is 5.59. The van der Waals surface area contributed by atoms with Gasteiger partial charge >= 0.3 is 0 Å². The Labute approximate surface area is 134 Å². The van der Waals surface area contributed by atoms with Crippen molar-refractivity contribution in [3.8, 4) is 11.5 Å². The van der Waals surface area contributed by atoms with Crippen molar-refractivity contribution in [1.82, 2.24) is 0 Å². The van der Waals surface area contributed by atoms with Crippen LogP contribution in [0, 0.1) is 0 Å². The Morgan fingerprint density at radius 1 is 1.00 bits per heavy atom. The molecule has 1 N–H and O–H groups in total. The van der Waals surface area contributed by atoms with Crippen LogP contribution in [0.25, 0.3) is 0 Å². The van der Waals surface area contributed by atoms with Crippen molar-refractivity contribution in [2.24, 2.45) is 0 Å². The highest BCUT2D eigenvalue weighted by molar-refractivity contribution is 9.10. The molecule has 0 unspecified atom stereocenters. The fraction of sp³-hybridized carbons (Fsp3) is 0.333. The van der Waals surface area contributed by atoms with Crippen LogP contribution in [-0.4, -0.2) is 5.11 Å². The number of aliphatic hydroxyl groups is 1. The summed E-state index contributed by atoms with van der Waals surface area (Å²) < 4.78 is 6.70. The van der Waals surface area contributed by atoms with Crippen LogP contribution in [0.1, 0.15) is 44.9 Å². The SMILES string of the molecule is C[C@H](O)c1ccc(Oc2ccc(C(C)(C)C)cc2)cc1Br. The van der Waals surface area contributed by atoms with Crippen molar-refractivity contribution in [3.63, 3.8) is 0 Å². The number of aliphatic hydroxyl groups excluding tert-OH is 1. The second-order valence-electron chi connectivity index (χ2n) is 6.24. The normalized spacial score (nSPS) is 13.0. The zero-order valence-electron chi connectivity index (χ0n) is 12.9. The molecule has 0 fully saturated rings. The first-order valence-electron chi connectivity index (χ1n) is 7.03. The van der Waals surface area contributed by atoms with Crippen LogP contribution >= 0.6 is 15.9 Å². The highest BCUT2D eigenvalue weighted by atomic mass is 79.9. The van der Waals surface area contributed by atoms with E-state index in [1.165, 1.54) is 5.56 Å². The van der Waals surface area contributed by atoms with Gasteiger partial charge in [-0.2, -0.15) is 0 Å². The van der Waals surface area contributed by atoms with E-state index in [0.717, 1.165) is 21.5 Å². The molecule has 0 radical (unpaired) electrons. The number of benzene rings is 2. The van der Waals surface area contributed by atoms with Crippen LogP contribution in [0.3, 0.4) is 0 Å². The molecule has 0 heterocycles. The lowest BCUT2D eigenvalue weighted by Crippen LogP contribution is -2.10. The molecule has 1 atom stereocenters. The Balaban J connectivity index is 2.17. The molecule has 21 heavy (non-hydrogen) atoms. The molecule has 0 aromatic heterocycles. The third-order valence-electron chi connectivity index (χ3n) is 3.38. The van der Waals surface area contributed by atoms with Crippen LogP contribution < -0.4 is 4.74 Å². The second kappa shape index (κ2) is 6.20. The predicted molar refractivity (Wildman–Crippen MR) is 90.0 cm³/mol. The molecule has 0 bridgehead atoms. The van der Waals surface area contributed by atoms with E-state index in [2.05, 4.69) is 48.8 Å². The topological polar surface area (TPSA) is 29.5 Å². The molecule has 0 amide bonds. The van der Waals surface area contributed by atoms with Gasteiger partial charge in [-0.1, -0.05) is 54.9 Å². The van der Waals surface area contributed by atoms with Gasteiger partial charge in [-0.05, 0) is 47.7 Å². The maximum Gasteiger partial charge on any atom is 0.128 e.